The normalized spacial score (nSPS) is 17.9. The van der Waals surface area contributed by atoms with E-state index in [0.29, 0.717) is 6.54 Å². The average Bonchev–Trinajstić information content (AvgIpc) is 3.61. The fourth-order valence-electron chi connectivity index (χ4n) is 4.03. The number of benzene rings is 1. The van der Waals surface area contributed by atoms with Crippen molar-refractivity contribution in [3.05, 3.63) is 29.3 Å². The topological polar surface area (TPSA) is 92.0 Å². The van der Waals surface area contributed by atoms with E-state index in [0.717, 1.165) is 88.2 Å². The van der Waals surface area contributed by atoms with Crippen LogP contribution in [-0.4, -0.2) is 56.1 Å². The fraction of sp³-hybridized carbons (Fsp3) is 0.680. The Kier molecular flexibility index (Phi) is 9.65. The lowest BCUT2D eigenvalue weighted by Gasteiger charge is -2.30. The Morgan fingerprint density at radius 3 is 2.66 bits per heavy atom. The van der Waals surface area contributed by atoms with Crippen LogP contribution in [0.5, 0.6) is 5.75 Å². The van der Waals surface area contributed by atoms with Gasteiger partial charge < -0.3 is 26.0 Å². The number of aliphatic imine (C=N–C) groups is 1. The van der Waals surface area contributed by atoms with Gasteiger partial charge >= 0.3 is 0 Å². The Morgan fingerprint density at radius 2 is 1.97 bits per heavy atom. The van der Waals surface area contributed by atoms with Gasteiger partial charge in [0.2, 0.25) is 5.91 Å². The molecule has 0 spiro atoms. The monoisotopic (exact) mass is 443 g/mol. The van der Waals surface area contributed by atoms with Crippen molar-refractivity contribution in [3.63, 3.8) is 0 Å². The number of carbonyl (C=O) groups is 1. The number of amides is 1. The van der Waals surface area contributed by atoms with Crippen LogP contribution in [-0.2, 0) is 11.3 Å². The number of likely N-dealkylation sites (tertiary alicyclic amines) is 1. The van der Waals surface area contributed by atoms with E-state index in [2.05, 4.69) is 47.6 Å². The molecule has 2 aliphatic rings. The van der Waals surface area contributed by atoms with Crippen LogP contribution in [0.4, 0.5) is 0 Å². The first-order chi connectivity index (χ1) is 15.5. The summed E-state index contributed by atoms with van der Waals surface area (Å²) < 4.78 is 6.08. The zero-order valence-corrected chi connectivity index (χ0v) is 19.9. The summed E-state index contributed by atoms with van der Waals surface area (Å²) in [4.78, 5) is 18.5. The lowest BCUT2D eigenvalue weighted by atomic mass is 9.96. The number of aryl methyl sites for hydroxylation is 1. The van der Waals surface area contributed by atoms with E-state index in [1.54, 1.807) is 0 Å². The van der Waals surface area contributed by atoms with Crippen molar-refractivity contribution in [2.24, 2.45) is 22.6 Å². The lowest BCUT2D eigenvalue weighted by molar-refractivity contribution is -0.123. The summed E-state index contributed by atoms with van der Waals surface area (Å²) in [5.74, 6) is 2.48. The number of nitrogens with two attached hydrogens (primary N) is 1. The number of nitrogens with zero attached hydrogens (tertiary/aromatic N) is 2. The number of piperidine rings is 1. The van der Waals surface area contributed by atoms with Crippen LogP contribution in [0, 0.1) is 18.8 Å². The zero-order valence-electron chi connectivity index (χ0n) is 19.9. The Bertz CT molecular complexity index is 755. The molecule has 1 heterocycles. The maximum absolute atomic E-state index is 11.3. The Morgan fingerprint density at radius 1 is 1.19 bits per heavy atom. The molecule has 178 valence electrons. The highest BCUT2D eigenvalue weighted by molar-refractivity contribution is 5.79. The molecule has 0 aromatic heterocycles. The van der Waals surface area contributed by atoms with Crippen LogP contribution in [0.2, 0.25) is 0 Å². The molecular formula is C25H41N5O2. The van der Waals surface area contributed by atoms with Gasteiger partial charge in [0.25, 0.3) is 0 Å². The fourth-order valence-corrected chi connectivity index (χ4v) is 4.03. The van der Waals surface area contributed by atoms with Crippen LogP contribution in [0.15, 0.2) is 23.2 Å². The van der Waals surface area contributed by atoms with Crippen LogP contribution < -0.4 is 21.1 Å². The van der Waals surface area contributed by atoms with Crippen LogP contribution in [0.25, 0.3) is 0 Å². The first-order valence-electron chi connectivity index (χ1n) is 12.3. The third kappa shape index (κ3) is 8.34. The minimum Gasteiger partial charge on any atom is -0.493 e. The van der Waals surface area contributed by atoms with Gasteiger partial charge in [-0.25, -0.2) is 4.99 Å². The lowest BCUT2D eigenvalue weighted by Crippen LogP contribution is -2.39. The second-order valence-electron chi connectivity index (χ2n) is 9.21. The first kappa shape index (κ1) is 24.4. The maximum Gasteiger partial charge on any atom is 0.220 e. The Labute approximate surface area is 193 Å². The SMILES string of the molecule is CCNC(=NCc1ccc(C)cc1OCC1CC1)NCCCCN1CCC(C(N)=O)CC1. The third-order valence-electron chi connectivity index (χ3n) is 6.33. The van der Waals surface area contributed by atoms with E-state index in [1.807, 2.05) is 0 Å². The van der Waals surface area contributed by atoms with Gasteiger partial charge in [0.15, 0.2) is 5.96 Å². The molecule has 4 N–H and O–H groups in total. The van der Waals surface area contributed by atoms with Crippen LogP contribution >= 0.6 is 0 Å². The summed E-state index contributed by atoms with van der Waals surface area (Å²) in [6.07, 6.45) is 6.59. The number of unbranched alkanes of at least 4 members (excludes halogenated alkanes) is 1. The van der Waals surface area contributed by atoms with Gasteiger partial charge in [-0.1, -0.05) is 12.1 Å². The number of primary amides is 1. The van der Waals surface area contributed by atoms with E-state index in [9.17, 15) is 4.79 Å². The van der Waals surface area contributed by atoms with E-state index in [-0.39, 0.29) is 11.8 Å². The van der Waals surface area contributed by atoms with Crippen molar-refractivity contribution >= 4 is 11.9 Å². The summed E-state index contributed by atoms with van der Waals surface area (Å²) in [7, 11) is 0. The Balaban J connectivity index is 1.40. The first-order valence-corrected chi connectivity index (χ1v) is 12.3. The highest BCUT2D eigenvalue weighted by atomic mass is 16.5. The summed E-state index contributed by atoms with van der Waals surface area (Å²) in [5, 5.41) is 6.80. The molecule has 1 aromatic rings. The molecule has 1 amide bonds. The highest BCUT2D eigenvalue weighted by Gasteiger charge is 2.23. The van der Waals surface area contributed by atoms with Gasteiger partial charge in [-0.15, -0.1) is 0 Å². The molecule has 7 heteroatoms. The van der Waals surface area contributed by atoms with Crippen molar-refractivity contribution in [3.8, 4) is 5.75 Å². The number of hydrogen-bond acceptors (Lipinski definition) is 4. The molecule has 1 aromatic carbocycles. The standard InChI is InChI=1S/C25H41N5O2/c1-3-27-25(28-12-4-5-13-30-14-10-21(11-15-30)24(26)31)29-17-22-9-6-19(2)16-23(22)32-18-20-7-8-20/h6,9,16,20-21H,3-5,7-8,10-15,17-18H2,1-2H3,(H2,26,31)(H2,27,28,29). The van der Waals surface area contributed by atoms with E-state index in [4.69, 9.17) is 15.5 Å². The minimum atomic E-state index is -0.142. The molecule has 1 saturated carbocycles. The summed E-state index contributed by atoms with van der Waals surface area (Å²) in [5.41, 5.74) is 7.77. The van der Waals surface area contributed by atoms with Gasteiger partial charge in [0.1, 0.15) is 5.75 Å². The van der Waals surface area contributed by atoms with Gasteiger partial charge in [0, 0.05) is 24.6 Å². The van der Waals surface area contributed by atoms with Crippen molar-refractivity contribution in [1.29, 1.82) is 0 Å². The average molecular weight is 444 g/mol. The molecule has 1 aliphatic heterocycles. The molecule has 3 rings (SSSR count). The van der Waals surface area contributed by atoms with Crippen molar-refractivity contribution in [1.82, 2.24) is 15.5 Å². The summed E-state index contributed by atoms with van der Waals surface area (Å²) in [6, 6.07) is 6.38. The molecular weight excluding hydrogens is 402 g/mol. The van der Waals surface area contributed by atoms with Gasteiger partial charge in [-0.2, -0.15) is 0 Å². The number of nitrogens with one attached hydrogen (secondary N) is 2. The third-order valence-corrected chi connectivity index (χ3v) is 6.33. The number of carbonyl (C=O) groups excluding carboxylic acids is 1. The van der Waals surface area contributed by atoms with Crippen molar-refractivity contribution in [2.75, 3.05) is 39.3 Å². The van der Waals surface area contributed by atoms with Crippen LogP contribution in [0.3, 0.4) is 0 Å². The summed E-state index contributed by atoms with van der Waals surface area (Å²) >= 11 is 0. The van der Waals surface area contributed by atoms with E-state index >= 15 is 0 Å². The Hall–Kier alpha value is -2.28. The maximum atomic E-state index is 11.3. The molecule has 0 bridgehead atoms. The predicted molar refractivity (Wildman–Crippen MR) is 130 cm³/mol. The van der Waals surface area contributed by atoms with Crippen molar-refractivity contribution in [2.45, 2.75) is 58.9 Å². The van der Waals surface area contributed by atoms with Gasteiger partial charge in [0.05, 0.1) is 13.2 Å². The largest absolute Gasteiger partial charge is 0.493 e. The molecule has 1 saturated heterocycles. The quantitative estimate of drug-likeness (QED) is 0.262. The van der Waals surface area contributed by atoms with E-state index < -0.39 is 0 Å². The molecule has 1 aliphatic carbocycles. The number of guanidine groups is 1. The molecule has 0 unspecified atom stereocenters. The smallest absolute Gasteiger partial charge is 0.220 e. The molecule has 0 atom stereocenters. The number of ether oxygens (including phenoxy) is 1. The molecule has 0 radical (unpaired) electrons. The van der Waals surface area contributed by atoms with Crippen LogP contribution in [0.1, 0.15) is 56.6 Å². The number of hydrogen-bond donors (Lipinski definition) is 3. The predicted octanol–water partition coefficient (Wildman–Crippen LogP) is 2.82. The number of rotatable bonds is 12. The summed E-state index contributed by atoms with van der Waals surface area (Å²) in [6.45, 7) is 10.4. The van der Waals surface area contributed by atoms with Crippen molar-refractivity contribution < 1.29 is 9.53 Å². The second-order valence-corrected chi connectivity index (χ2v) is 9.21. The zero-order chi connectivity index (χ0) is 22.8. The van der Waals surface area contributed by atoms with Gasteiger partial charge in [-0.3, -0.25) is 4.79 Å². The van der Waals surface area contributed by atoms with Gasteiger partial charge in [-0.05, 0) is 89.6 Å². The molecule has 2 fully saturated rings. The molecule has 32 heavy (non-hydrogen) atoms. The second kappa shape index (κ2) is 12.7. The minimum absolute atomic E-state index is 0.0694. The highest BCUT2D eigenvalue weighted by Crippen LogP contribution is 2.31. The molecule has 7 nitrogen and oxygen atoms in total. The van der Waals surface area contributed by atoms with E-state index in [1.165, 1.54) is 18.4 Å².